The second-order valence-corrected chi connectivity index (χ2v) is 5.93. The van der Waals surface area contributed by atoms with Crippen molar-refractivity contribution in [3.8, 4) is 5.75 Å². The zero-order chi connectivity index (χ0) is 10.7. The SMILES string of the molecule is COc1ccc(C)cc1C(=O)C(Br)Br. The lowest BCUT2D eigenvalue weighted by molar-refractivity contribution is 0.101. The highest BCUT2D eigenvalue weighted by Crippen LogP contribution is 2.25. The van der Waals surface area contributed by atoms with Crippen LogP contribution < -0.4 is 4.74 Å². The van der Waals surface area contributed by atoms with Crippen molar-refractivity contribution in [2.75, 3.05) is 7.11 Å². The molecule has 0 aliphatic heterocycles. The Kier molecular flexibility index (Phi) is 4.13. The first-order valence-electron chi connectivity index (χ1n) is 4.03. The molecule has 14 heavy (non-hydrogen) atoms. The van der Waals surface area contributed by atoms with Crippen LogP contribution in [0.1, 0.15) is 15.9 Å². The van der Waals surface area contributed by atoms with Crippen molar-refractivity contribution in [2.24, 2.45) is 0 Å². The van der Waals surface area contributed by atoms with Crippen LogP contribution in [0.3, 0.4) is 0 Å². The number of carbonyl (C=O) groups excluding carboxylic acids is 1. The number of hydrogen-bond acceptors (Lipinski definition) is 2. The molecule has 1 aromatic rings. The lowest BCUT2D eigenvalue weighted by atomic mass is 10.1. The van der Waals surface area contributed by atoms with Gasteiger partial charge >= 0.3 is 0 Å². The molecule has 0 aliphatic carbocycles. The maximum Gasteiger partial charge on any atom is 0.190 e. The summed E-state index contributed by atoms with van der Waals surface area (Å²) in [5.41, 5.74) is 1.63. The van der Waals surface area contributed by atoms with E-state index in [0.29, 0.717) is 11.3 Å². The van der Waals surface area contributed by atoms with E-state index in [1.165, 1.54) is 0 Å². The Bertz CT molecular complexity index is 348. The fourth-order valence-electron chi connectivity index (χ4n) is 1.13. The summed E-state index contributed by atoms with van der Waals surface area (Å²) in [6.07, 6.45) is 0. The number of alkyl halides is 2. The van der Waals surface area contributed by atoms with Crippen molar-refractivity contribution >= 4 is 37.6 Å². The highest BCUT2D eigenvalue weighted by atomic mass is 79.9. The molecule has 2 nitrogen and oxygen atoms in total. The summed E-state index contributed by atoms with van der Waals surface area (Å²) >= 11 is 6.35. The van der Waals surface area contributed by atoms with Crippen LogP contribution in [0.5, 0.6) is 5.75 Å². The minimum atomic E-state index is -0.370. The minimum absolute atomic E-state index is 0.0365. The van der Waals surface area contributed by atoms with Crippen LogP contribution in [0.15, 0.2) is 18.2 Å². The topological polar surface area (TPSA) is 26.3 Å². The fraction of sp³-hybridized carbons (Fsp3) is 0.300. The summed E-state index contributed by atoms with van der Waals surface area (Å²) in [6.45, 7) is 1.94. The predicted octanol–water partition coefficient (Wildman–Crippen LogP) is 3.30. The van der Waals surface area contributed by atoms with Crippen molar-refractivity contribution in [1.29, 1.82) is 0 Å². The first-order chi connectivity index (χ1) is 6.56. The zero-order valence-corrected chi connectivity index (χ0v) is 11.1. The van der Waals surface area contributed by atoms with Gasteiger partial charge in [-0.1, -0.05) is 43.5 Å². The van der Waals surface area contributed by atoms with Crippen molar-refractivity contribution in [3.63, 3.8) is 0 Å². The lowest BCUT2D eigenvalue weighted by Crippen LogP contribution is -2.09. The minimum Gasteiger partial charge on any atom is -0.496 e. The molecule has 0 bridgehead atoms. The number of ketones is 1. The number of Topliss-reactive ketones (excluding diaryl/α,β-unsaturated/α-hetero) is 1. The quantitative estimate of drug-likeness (QED) is 0.630. The number of halogens is 2. The van der Waals surface area contributed by atoms with Crippen LogP contribution in [0.25, 0.3) is 0 Å². The molecule has 0 amide bonds. The monoisotopic (exact) mass is 320 g/mol. The van der Waals surface area contributed by atoms with Gasteiger partial charge in [0.15, 0.2) is 5.78 Å². The molecule has 0 radical (unpaired) electrons. The van der Waals surface area contributed by atoms with Gasteiger partial charge in [0, 0.05) is 0 Å². The third-order valence-electron chi connectivity index (χ3n) is 1.82. The van der Waals surface area contributed by atoms with Crippen molar-refractivity contribution in [1.82, 2.24) is 0 Å². The summed E-state index contributed by atoms with van der Waals surface area (Å²) in [6, 6.07) is 5.52. The van der Waals surface area contributed by atoms with Crippen molar-refractivity contribution in [2.45, 2.75) is 10.7 Å². The molecular formula is C10H10Br2O2. The fourth-order valence-corrected chi connectivity index (χ4v) is 1.63. The lowest BCUT2D eigenvalue weighted by Gasteiger charge is -2.08. The normalized spacial score (nSPS) is 10.4. The number of carbonyl (C=O) groups is 1. The van der Waals surface area contributed by atoms with E-state index >= 15 is 0 Å². The van der Waals surface area contributed by atoms with Gasteiger partial charge in [-0.2, -0.15) is 0 Å². The standard InChI is InChI=1S/C10H10Br2O2/c1-6-3-4-8(14-2)7(5-6)9(13)10(11)12/h3-5,10H,1-2H3. The number of benzene rings is 1. The van der Waals surface area contributed by atoms with E-state index in [0.717, 1.165) is 5.56 Å². The van der Waals surface area contributed by atoms with Gasteiger partial charge in [0.1, 0.15) is 9.49 Å². The molecule has 1 rings (SSSR count). The summed E-state index contributed by atoms with van der Waals surface area (Å²) in [7, 11) is 1.55. The summed E-state index contributed by atoms with van der Waals surface area (Å²) < 4.78 is 4.74. The summed E-state index contributed by atoms with van der Waals surface area (Å²) in [4.78, 5) is 11.7. The van der Waals surface area contributed by atoms with E-state index in [4.69, 9.17) is 4.74 Å². The van der Waals surface area contributed by atoms with Gasteiger partial charge in [0.2, 0.25) is 0 Å². The van der Waals surface area contributed by atoms with E-state index in [1.54, 1.807) is 13.2 Å². The van der Waals surface area contributed by atoms with E-state index in [2.05, 4.69) is 31.9 Å². The van der Waals surface area contributed by atoms with Crippen LogP contribution in [-0.4, -0.2) is 16.6 Å². The van der Waals surface area contributed by atoms with Crippen molar-refractivity contribution in [3.05, 3.63) is 29.3 Å². The number of methoxy groups -OCH3 is 1. The van der Waals surface area contributed by atoms with Crippen LogP contribution in [0, 0.1) is 6.92 Å². The molecule has 0 N–H and O–H groups in total. The van der Waals surface area contributed by atoms with Crippen LogP contribution in [0.4, 0.5) is 0 Å². The second kappa shape index (κ2) is 4.94. The Hall–Kier alpha value is -0.350. The molecule has 0 spiro atoms. The Morgan fingerprint density at radius 3 is 2.57 bits per heavy atom. The molecule has 1 aromatic carbocycles. The van der Waals surface area contributed by atoms with Crippen LogP contribution in [0.2, 0.25) is 0 Å². The Balaban J connectivity index is 3.17. The average molecular weight is 322 g/mol. The number of rotatable bonds is 3. The molecule has 0 saturated heterocycles. The van der Waals surface area contributed by atoms with E-state index in [-0.39, 0.29) is 9.52 Å². The summed E-state index contributed by atoms with van der Waals surface area (Å²) in [5, 5.41) is 0. The maximum atomic E-state index is 11.7. The van der Waals surface area contributed by atoms with Crippen LogP contribution in [-0.2, 0) is 0 Å². The number of ether oxygens (including phenoxy) is 1. The van der Waals surface area contributed by atoms with Gasteiger partial charge in [-0.3, -0.25) is 4.79 Å². The van der Waals surface area contributed by atoms with Crippen LogP contribution >= 0.6 is 31.9 Å². The highest BCUT2D eigenvalue weighted by Gasteiger charge is 2.17. The Morgan fingerprint density at radius 1 is 1.43 bits per heavy atom. The molecule has 0 heterocycles. The van der Waals surface area contributed by atoms with Gasteiger partial charge in [0.25, 0.3) is 0 Å². The first-order valence-corrected chi connectivity index (χ1v) is 5.86. The third kappa shape index (κ3) is 2.58. The predicted molar refractivity (Wildman–Crippen MR) is 63.7 cm³/mol. The number of aryl methyl sites for hydroxylation is 1. The smallest absolute Gasteiger partial charge is 0.190 e. The molecule has 0 atom stereocenters. The van der Waals surface area contributed by atoms with Gasteiger partial charge in [-0.25, -0.2) is 0 Å². The van der Waals surface area contributed by atoms with Gasteiger partial charge in [-0.15, -0.1) is 0 Å². The second-order valence-electron chi connectivity index (χ2n) is 2.87. The Labute approximate surface area is 99.9 Å². The Morgan fingerprint density at radius 2 is 2.07 bits per heavy atom. The van der Waals surface area contributed by atoms with E-state index < -0.39 is 0 Å². The molecule has 0 unspecified atom stereocenters. The number of hydrogen-bond donors (Lipinski definition) is 0. The van der Waals surface area contributed by atoms with Gasteiger partial charge in [0.05, 0.1) is 12.7 Å². The van der Waals surface area contributed by atoms with Crippen molar-refractivity contribution < 1.29 is 9.53 Å². The van der Waals surface area contributed by atoms with Gasteiger partial charge < -0.3 is 4.74 Å². The average Bonchev–Trinajstić information content (AvgIpc) is 2.16. The molecule has 0 saturated carbocycles. The third-order valence-corrected chi connectivity index (χ3v) is 2.65. The van der Waals surface area contributed by atoms with Gasteiger partial charge in [-0.05, 0) is 19.1 Å². The molecule has 0 fully saturated rings. The molecule has 76 valence electrons. The molecule has 0 aromatic heterocycles. The maximum absolute atomic E-state index is 11.7. The van der Waals surface area contributed by atoms with E-state index in [9.17, 15) is 4.79 Å². The highest BCUT2D eigenvalue weighted by molar-refractivity contribution is 9.25. The first kappa shape index (κ1) is 11.7. The zero-order valence-electron chi connectivity index (χ0n) is 7.88. The molecular weight excluding hydrogens is 312 g/mol. The molecule has 0 aliphatic rings. The summed E-state index contributed by atoms with van der Waals surface area (Å²) in [5.74, 6) is 0.565. The van der Waals surface area contributed by atoms with E-state index in [1.807, 2.05) is 19.1 Å². The molecule has 4 heteroatoms. The largest absolute Gasteiger partial charge is 0.496 e.